The van der Waals surface area contributed by atoms with Gasteiger partial charge in [-0.25, -0.2) is 0 Å². The molecule has 4 nitrogen and oxygen atoms in total. The zero-order valence-electron chi connectivity index (χ0n) is 12.8. The minimum atomic E-state index is 0.357. The lowest BCUT2D eigenvalue weighted by Gasteiger charge is -2.28. The van der Waals surface area contributed by atoms with Crippen LogP contribution in [0.2, 0.25) is 0 Å². The van der Waals surface area contributed by atoms with E-state index in [1.807, 2.05) is 7.05 Å². The van der Waals surface area contributed by atoms with Crippen molar-refractivity contribution < 1.29 is 0 Å². The summed E-state index contributed by atoms with van der Waals surface area (Å²) in [6.45, 7) is 3.12. The summed E-state index contributed by atoms with van der Waals surface area (Å²) in [6.07, 6.45) is 2.55. The minimum Gasteiger partial charge on any atom is -0.354 e. The third-order valence-corrected chi connectivity index (χ3v) is 3.88. The zero-order chi connectivity index (χ0) is 14.4. The van der Waals surface area contributed by atoms with E-state index in [2.05, 4.69) is 64.5 Å². The van der Waals surface area contributed by atoms with E-state index in [0.29, 0.717) is 6.04 Å². The standard InChI is InChI=1S/C16H26N4/c1-17-16(20-11-7-8-12-20)18-13-15(19(2)3)14-9-5-4-6-10-14/h4-6,9-10,15H,7-8,11-13H2,1-3H3,(H,17,18). The number of hydrogen-bond acceptors (Lipinski definition) is 2. The Kier molecular flexibility index (Phi) is 5.41. The summed E-state index contributed by atoms with van der Waals surface area (Å²) in [5, 5.41) is 3.53. The highest BCUT2D eigenvalue weighted by Crippen LogP contribution is 2.17. The summed E-state index contributed by atoms with van der Waals surface area (Å²) in [6, 6.07) is 11.0. The van der Waals surface area contributed by atoms with Gasteiger partial charge in [0.15, 0.2) is 5.96 Å². The molecular weight excluding hydrogens is 248 g/mol. The fourth-order valence-electron chi connectivity index (χ4n) is 2.72. The quantitative estimate of drug-likeness (QED) is 0.672. The van der Waals surface area contributed by atoms with Gasteiger partial charge in [-0.3, -0.25) is 4.99 Å². The Morgan fingerprint density at radius 3 is 2.45 bits per heavy atom. The van der Waals surface area contributed by atoms with Gasteiger partial charge in [-0.2, -0.15) is 0 Å². The molecule has 0 amide bonds. The summed E-state index contributed by atoms with van der Waals surface area (Å²) in [5.74, 6) is 1.03. The Morgan fingerprint density at radius 2 is 1.90 bits per heavy atom. The van der Waals surface area contributed by atoms with Crippen LogP contribution in [-0.2, 0) is 0 Å². The van der Waals surface area contributed by atoms with Crippen LogP contribution >= 0.6 is 0 Å². The number of likely N-dealkylation sites (N-methyl/N-ethyl adjacent to an activating group) is 1. The van der Waals surface area contributed by atoms with Crippen molar-refractivity contribution in [3.63, 3.8) is 0 Å². The lowest BCUT2D eigenvalue weighted by molar-refractivity contribution is 0.295. The normalized spacial score (nSPS) is 17.6. The molecule has 1 heterocycles. The SMILES string of the molecule is CN=C(NCC(c1ccccc1)N(C)C)N1CCCC1. The van der Waals surface area contributed by atoms with Gasteiger partial charge in [0, 0.05) is 26.7 Å². The smallest absolute Gasteiger partial charge is 0.193 e. The number of guanidine groups is 1. The van der Waals surface area contributed by atoms with Gasteiger partial charge in [-0.15, -0.1) is 0 Å². The predicted molar refractivity (Wildman–Crippen MR) is 85.0 cm³/mol. The van der Waals surface area contributed by atoms with Gasteiger partial charge in [0.1, 0.15) is 0 Å². The van der Waals surface area contributed by atoms with Gasteiger partial charge in [0.2, 0.25) is 0 Å². The van der Waals surface area contributed by atoms with E-state index in [1.54, 1.807) is 0 Å². The molecule has 4 heteroatoms. The second-order valence-corrected chi connectivity index (χ2v) is 5.51. The Morgan fingerprint density at radius 1 is 1.25 bits per heavy atom. The molecule has 1 aromatic carbocycles. The molecule has 0 aliphatic carbocycles. The van der Waals surface area contributed by atoms with Crippen LogP contribution in [0.25, 0.3) is 0 Å². The van der Waals surface area contributed by atoms with Crippen LogP contribution in [0.3, 0.4) is 0 Å². The maximum Gasteiger partial charge on any atom is 0.193 e. The van der Waals surface area contributed by atoms with Gasteiger partial charge in [0.25, 0.3) is 0 Å². The molecule has 1 N–H and O–H groups in total. The van der Waals surface area contributed by atoms with E-state index in [-0.39, 0.29) is 0 Å². The molecule has 1 unspecified atom stereocenters. The molecule has 20 heavy (non-hydrogen) atoms. The lowest BCUT2D eigenvalue weighted by atomic mass is 10.1. The summed E-state index contributed by atoms with van der Waals surface area (Å²) < 4.78 is 0. The summed E-state index contributed by atoms with van der Waals surface area (Å²) in [7, 11) is 6.11. The van der Waals surface area contributed by atoms with Crippen molar-refractivity contribution in [2.45, 2.75) is 18.9 Å². The van der Waals surface area contributed by atoms with Gasteiger partial charge in [-0.1, -0.05) is 30.3 Å². The average Bonchev–Trinajstić information content (AvgIpc) is 2.98. The Balaban J connectivity index is 1.98. The second kappa shape index (κ2) is 7.29. The van der Waals surface area contributed by atoms with Crippen molar-refractivity contribution in [2.24, 2.45) is 4.99 Å². The van der Waals surface area contributed by atoms with Gasteiger partial charge < -0.3 is 15.1 Å². The van der Waals surface area contributed by atoms with Crippen LogP contribution in [0.4, 0.5) is 0 Å². The molecule has 110 valence electrons. The first-order valence-corrected chi connectivity index (χ1v) is 7.39. The molecule has 0 saturated carbocycles. The first-order valence-electron chi connectivity index (χ1n) is 7.39. The summed E-state index contributed by atoms with van der Waals surface area (Å²) >= 11 is 0. The number of benzene rings is 1. The average molecular weight is 274 g/mol. The molecule has 1 fully saturated rings. The Labute approximate surface area is 122 Å². The maximum atomic E-state index is 4.41. The lowest BCUT2D eigenvalue weighted by Crippen LogP contribution is -2.43. The van der Waals surface area contributed by atoms with E-state index < -0.39 is 0 Å². The highest BCUT2D eigenvalue weighted by molar-refractivity contribution is 5.80. The van der Waals surface area contributed by atoms with Gasteiger partial charge >= 0.3 is 0 Å². The number of rotatable bonds is 4. The number of nitrogens with zero attached hydrogens (tertiary/aromatic N) is 3. The predicted octanol–water partition coefficient (Wildman–Crippen LogP) is 1.96. The van der Waals surface area contributed by atoms with Gasteiger partial charge in [-0.05, 0) is 32.5 Å². The fourth-order valence-corrected chi connectivity index (χ4v) is 2.72. The molecule has 1 atom stereocenters. The highest BCUT2D eigenvalue weighted by atomic mass is 15.3. The van der Waals surface area contributed by atoms with E-state index in [0.717, 1.165) is 25.6 Å². The Hall–Kier alpha value is -1.55. The van der Waals surface area contributed by atoms with E-state index >= 15 is 0 Å². The maximum absolute atomic E-state index is 4.41. The van der Waals surface area contributed by atoms with Crippen LogP contribution in [0, 0.1) is 0 Å². The third-order valence-electron chi connectivity index (χ3n) is 3.88. The highest BCUT2D eigenvalue weighted by Gasteiger charge is 2.18. The van der Waals surface area contributed by atoms with Crippen LogP contribution in [0.5, 0.6) is 0 Å². The van der Waals surface area contributed by atoms with Gasteiger partial charge in [0.05, 0.1) is 6.04 Å². The van der Waals surface area contributed by atoms with Crippen molar-refractivity contribution >= 4 is 5.96 Å². The second-order valence-electron chi connectivity index (χ2n) is 5.51. The molecule has 1 aliphatic rings. The minimum absolute atomic E-state index is 0.357. The number of aliphatic imine (C=N–C) groups is 1. The van der Waals surface area contributed by atoms with Crippen molar-refractivity contribution in [1.29, 1.82) is 0 Å². The molecule has 1 aromatic rings. The molecule has 2 rings (SSSR count). The van der Waals surface area contributed by atoms with Crippen molar-refractivity contribution in [3.8, 4) is 0 Å². The first kappa shape index (κ1) is 14.9. The monoisotopic (exact) mass is 274 g/mol. The summed E-state index contributed by atoms with van der Waals surface area (Å²) in [5.41, 5.74) is 1.34. The van der Waals surface area contributed by atoms with E-state index in [1.165, 1.54) is 18.4 Å². The topological polar surface area (TPSA) is 30.9 Å². The molecular formula is C16H26N4. The Bertz CT molecular complexity index is 421. The van der Waals surface area contributed by atoms with Crippen molar-refractivity contribution in [2.75, 3.05) is 40.8 Å². The zero-order valence-corrected chi connectivity index (χ0v) is 12.8. The molecule has 0 bridgehead atoms. The van der Waals surface area contributed by atoms with Crippen LogP contribution in [0.1, 0.15) is 24.4 Å². The number of likely N-dealkylation sites (tertiary alicyclic amines) is 1. The van der Waals surface area contributed by atoms with Crippen LogP contribution in [-0.4, -0.2) is 56.5 Å². The molecule has 0 radical (unpaired) electrons. The van der Waals surface area contributed by atoms with Crippen molar-refractivity contribution in [1.82, 2.24) is 15.1 Å². The largest absolute Gasteiger partial charge is 0.354 e. The fraction of sp³-hybridized carbons (Fsp3) is 0.562. The molecule has 1 aliphatic heterocycles. The van der Waals surface area contributed by atoms with Crippen molar-refractivity contribution in [3.05, 3.63) is 35.9 Å². The summed E-state index contributed by atoms with van der Waals surface area (Å²) in [4.78, 5) is 9.00. The van der Waals surface area contributed by atoms with E-state index in [9.17, 15) is 0 Å². The third kappa shape index (κ3) is 3.73. The van der Waals surface area contributed by atoms with E-state index in [4.69, 9.17) is 0 Å². The first-order chi connectivity index (χ1) is 9.72. The molecule has 1 saturated heterocycles. The number of hydrogen-bond donors (Lipinski definition) is 1. The van der Waals surface area contributed by atoms with Crippen LogP contribution in [0.15, 0.2) is 35.3 Å². The number of nitrogens with one attached hydrogen (secondary N) is 1. The van der Waals surface area contributed by atoms with Crippen LogP contribution < -0.4 is 5.32 Å². The molecule has 0 aromatic heterocycles. The molecule has 0 spiro atoms.